The summed E-state index contributed by atoms with van der Waals surface area (Å²) in [6.45, 7) is 4.34. The molecule has 0 aliphatic heterocycles. The molecule has 0 radical (unpaired) electrons. The van der Waals surface area contributed by atoms with Gasteiger partial charge < -0.3 is 9.47 Å². The van der Waals surface area contributed by atoms with E-state index in [9.17, 15) is 4.79 Å². The van der Waals surface area contributed by atoms with Gasteiger partial charge in [-0.05, 0) is 42.5 Å². The van der Waals surface area contributed by atoms with Crippen LogP contribution < -0.4 is 9.47 Å². The molecule has 0 spiro atoms. The zero-order valence-electron chi connectivity index (χ0n) is 16.5. The number of rotatable bonds is 5. The number of ether oxygens (including phenoxy) is 2. The van der Waals surface area contributed by atoms with Crippen LogP contribution in [-0.2, 0) is 6.61 Å². The summed E-state index contributed by atoms with van der Waals surface area (Å²) in [5, 5.41) is 1.94. The third kappa shape index (κ3) is 4.14. The van der Waals surface area contributed by atoms with Crippen LogP contribution in [0.25, 0.3) is 10.8 Å². The van der Waals surface area contributed by atoms with Crippen LogP contribution in [0.3, 0.4) is 0 Å². The second-order valence-electron chi connectivity index (χ2n) is 7.10. The van der Waals surface area contributed by atoms with Gasteiger partial charge in [0.2, 0.25) is 0 Å². The number of hydrogen-bond acceptors (Lipinski definition) is 3. The fourth-order valence-electron chi connectivity index (χ4n) is 3.41. The topological polar surface area (TPSA) is 35.5 Å². The molecule has 3 heteroatoms. The molecular formula is C26H22O3. The fraction of sp³-hybridized carbons (Fsp3) is 0.115. The monoisotopic (exact) mass is 382 g/mol. The molecule has 0 N–H and O–H groups in total. The van der Waals surface area contributed by atoms with E-state index in [-0.39, 0.29) is 0 Å². The lowest BCUT2D eigenvalue weighted by Gasteiger charge is -2.17. The summed E-state index contributed by atoms with van der Waals surface area (Å²) >= 11 is 0. The minimum Gasteiger partial charge on any atom is -0.487 e. The number of fused-ring (bicyclic) bond motifs is 1. The van der Waals surface area contributed by atoms with Crippen LogP contribution in [0, 0.1) is 13.8 Å². The van der Waals surface area contributed by atoms with Gasteiger partial charge in [-0.1, -0.05) is 78.4 Å². The van der Waals surface area contributed by atoms with E-state index < -0.39 is 5.97 Å². The molecule has 0 fully saturated rings. The SMILES string of the molecule is Cc1ccc2c(OCc3ccccc3)c(C(=O)Oc3ccccc3)c(C)cc2c1. The summed E-state index contributed by atoms with van der Waals surface area (Å²) in [5.74, 6) is 0.652. The summed E-state index contributed by atoms with van der Waals surface area (Å²) in [5.41, 5.74) is 3.48. The summed E-state index contributed by atoms with van der Waals surface area (Å²) in [6, 6.07) is 27.2. The highest BCUT2D eigenvalue weighted by Gasteiger charge is 2.21. The van der Waals surface area contributed by atoms with E-state index in [1.54, 1.807) is 12.1 Å². The quantitative estimate of drug-likeness (QED) is 0.302. The van der Waals surface area contributed by atoms with Crippen molar-refractivity contribution in [1.29, 1.82) is 0 Å². The molecule has 0 aliphatic carbocycles. The van der Waals surface area contributed by atoms with Crippen molar-refractivity contribution >= 4 is 16.7 Å². The predicted molar refractivity (Wildman–Crippen MR) is 116 cm³/mol. The Bertz CT molecular complexity index is 1150. The molecule has 4 aromatic rings. The molecule has 3 nitrogen and oxygen atoms in total. The fourth-order valence-corrected chi connectivity index (χ4v) is 3.41. The Morgan fingerprint density at radius 3 is 2.24 bits per heavy atom. The molecule has 0 unspecified atom stereocenters. The molecule has 4 rings (SSSR count). The Morgan fingerprint density at radius 2 is 1.52 bits per heavy atom. The standard InChI is InChI=1S/C26H22O3/c1-18-13-14-23-21(15-18)16-19(2)24(26(27)29-22-11-7-4-8-12-22)25(23)28-17-20-9-5-3-6-10-20/h3-16H,17H2,1-2H3. The van der Waals surface area contributed by atoms with E-state index in [4.69, 9.17) is 9.47 Å². The van der Waals surface area contributed by atoms with Crippen LogP contribution in [0.4, 0.5) is 0 Å². The van der Waals surface area contributed by atoms with Crippen LogP contribution in [0.1, 0.15) is 27.0 Å². The van der Waals surface area contributed by atoms with Gasteiger partial charge in [-0.15, -0.1) is 0 Å². The maximum atomic E-state index is 13.1. The van der Waals surface area contributed by atoms with Crippen molar-refractivity contribution in [2.24, 2.45) is 0 Å². The number of carbonyl (C=O) groups is 1. The Labute approximate surface area is 170 Å². The number of para-hydroxylation sites is 1. The largest absolute Gasteiger partial charge is 0.487 e. The minimum absolute atomic E-state index is 0.374. The summed E-state index contributed by atoms with van der Waals surface area (Å²) < 4.78 is 11.8. The first kappa shape index (κ1) is 18.8. The van der Waals surface area contributed by atoms with Crippen LogP contribution >= 0.6 is 0 Å². The van der Waals surface area contributed by atoms with Gasteiger partial charge in [0.1, 0.15) is 23.7 Å². The molecule has 0 saturated carbocycles. The molecule has 0 aromatic heterocycles. The van der Waals surface area contributed by atoms with Gasteiger partial charge in [0.25, 0.3) is 0 Å². The molecule has 144 valence electrons. The van der Waals surface area contributed by atoms with Crippen molar-refractivity contribution in [1.82, 2.24) is 0 Å². The molecule has 0 bridgehead atoms. The third-order valence-electron chi connectivity index (χ3n) is 4.83. The second-order valence-corrected chi connectivity index (χ2v) is 7.10. The smallest absolute Gasteiger partial charge is 0.347 e. The maximum absolute atomic E-state index is 13.1. The molecule has 0 saturated heterocycles. The lowest BCUT2D eigenvalue weighted by Crippen LogP contribution is -2.13. The van der Waals surface area contributed by atoms with E-state index in [1.807, 2.05) is 73.7 Å². The molecule has 29 heavy (non-hydrogen) atoms. The lowest BCUT2D eigenvalue weighted by molar-refractivity contribution is 0.0729. The number of hydrogen-bond donors (Lipinski definition) is 0. The summed E-state index contributed by atoms with van der Waals surface area (Å²) in [4.78, 5) is 13.1. The molecular weight excluding hydrogens is 360 g/mol. The highest BCUT2D eigenvalue weighted by Crippen LogP contribution is 2.35. The normalized spacial score (nSPS) is 10.7. The van der Waals surface area contributed by atoms with E-state index in [0.29, 0.717) is 23.7 Å². The molecule has 0 heterocycles. The van der Waals surface area contributed by atoms with E-state index in [0.717, 1.165) is 27.5 Å². The number of carbonyl (C=O) groups excluding carboxylic acids is 1. The van der Waals surface area contributed by atoms with Crippen molar-refractivity contribution in [3.05, 3.63) is 107 Å². The predicted octanol–water partition coefficient (Wildman–Crippen LogP) is 6.25. The Hall–Kier alpha value is -3.59. The highest BCUT2D eigenvalue weighted by atomic mass is 16.5. The van der Waals surface area contributed by atoms with Gasteiger partial charge in [-0.3, -0.25) is 0 Å². The van der Waals surface area contributed by atoms with Gasteiger partial charge in [0.05, 0.1) is 0 Å². The summed E-state index contributed by atoms with van der Waals surface area (Å²) in [7, 11) is 0. The average Bonchev–Trinajstić information content (AvgIpc) is 2.73. The van der Waals surface area contributed by atoms with Crippen molar-refractivity contribution < 1.29 is 14.3 Å². The Balaban J connectivity index is 1.78. The van der Waals surface area contributed by atoms with E-state index >= 15 is 0 Å². The van der Waals surface area contributed by atoms with Gasteiger partial charge in [-0.2, -0.15) is 0 Å². The van der Waals surface area contributed by atoms with Crippen LogP contribution in [0.5, 0.6) is 11.5 Å². The third-order valence-corrected chi connectivity index (χ3v) is 4.83. The van der Waals surface area contributed by atoms with Crippen molar-refractivity contribution in [3.63, 3.8) is 0 Å². The van der Waals surface area contributed by atoms with Gasteiger partial charge in [0, 0.05) is 5.39 Å². The van der Waals surface area contributed by atoms with Gasteiger partial charge in [-0.25, -0.2) is 4.79 Å². The minimum atomic E-state index is -0.417. The molecule has 0 atom stereocenters. The van der Waals surface area contributed by atoms with Crippen LogP contribution in [0.2, 0.25) is 0 Å². The van der Waals surface area contributed by atoms with Crippen molar-refractivity contribution in [2.45, 2.75) is 20.5 Å². The zero-order valence-corrected chi connectivity index (χ0v) is 16.5. The van der Waals surface area contributed by atoms with Gasteiger partial charge in [0.15, 0.2) is 0 Å². The van der Waals surface area contributed by atoms with Crippen molar-refractivity contribution in [2.75, 3.05) is 0 Å². The first-order valence-electron chi connectivity index (χ1n) is 9.60. The first-order valence-corrected chi connectivity index (χ1v) is 9.60. The van der Waals surface area contributed by atoms with Gasteiger partial charge >= 0.3 is 5.97 Å². The van der Waals surface area contributed by atoms with Crippen LogP contribution in [-0.4, -0.2) is 5.97 Å². The number of esters is 1. The maximum Gasteiger partial charge on any atom is 0.347 e. The first-order chi connectivity index (χ1) is 14.1. The van der Waals surface area contributed by atoms with Crippen LogP contribution in [0.15, 0.2) is 84.9 Å². The molecule has 0 amide bonds. The summed E-state index contributed by atoms with van der Waals surface area (Å²) in [6.07, 6.45) is 0. The van der Waals surface area contributed by atoms with E-state index in [1.165, 1.54) is 0 Å². The molecule has 0 aliphatic rings. The zero-order chi connectivity index (χ0) is 20.2. The number of benzene rings is 4. The van der Waals surface area contributed by atoms with E-state index in [2.05, 4.69) is 13.0 Å². The number of aryl methyl sites for hydroxylation is 2. The molecule has 4 aromatic carbocycles. The Kier molecular flexibility index (Phi) is 5.30. The lowest BCUT2D eigenvalue weighted by atomic mass is 9.98. The second kappa shape index (κ2) is 8.19. The Morgan fingerprint density at radius 1 is 0.828 bits per heavy atom. The highest BCUT2D eigenvalue weighted by molar-refractivity contribution is 6.03. The van der Waals surface area contributed by atoms with Crippen molar-refractivity contribution in [3.8, 4) is 11.5 Å². The average molecular weight is 382 g/mol.